The predicted octanol–water partition coefficient (Wildman–Crippen LogP) is 4.25. The number of amides is 4. The molecule has 0 spiro atoms. The molecule has 2 N–H and O–H groups in total. The van der Waals surface area contributed by atoms with Crippen LogP contribution in [-0.2, 0) is 20.4 Å². The summed E-state index contributed by atoms with van der Waals surface area (Å²) in [6.07, 6.45) is 1.35. The quantitative estimate of drug-likeness (QED) is 0.316. The third kappa shape index (κ3) is 5.74. The third-order valence-corrected chi connectivity index (χ3v) is 5.25. The van der Waals surface area contributed by atoms with Crippen molar-refractivity contribution in [2.24, 2.45) is 0 Å². The molecule has 0 aromatic heterocycles. The summed E-state index contributed by atoms with van der Waals surface area (Å²) in [4.78, 5) is 47.8. The summed E-state index contributed by atoms with van der Waals surface area (Å²) >= 11 is 0. The second-order valence-corrected chi connectivity index (χ2v) is 10.1. The zero-order chi connectivity index (χ0) is 24.6. The van der Waals surface area contributed by atoms with Crippen molar-refractivity contribution in [3.05, 3.63) is 70.3 Å². The van der Waals surface area contributed by atoms with Gasteiger partial charge in [-0.25, -0.2) is 9.59 Å². The molecule has 1 saturated heterocycles. The molecule has 1 heterocycles. The summed E-state index contributed by atoms with van der Waals surface area (Å²) in [5, 5.41) is 4.04. The van der Waals surface area contributed by atoms with Crippen LogP contribution < -0.4 is 15.4 Å². The van der Waals surface area contributed by atoms with E-state index in [1.165, 1.54) is 6.08 Å². The van der Waals surface area contributed by atoms with Crippen LogP contribution in [0, 0.1) is 0 Å². The lowest BCUT2D eigenvalue weighted by Crippen LogP contribution is -2.51. The molecule has 2 aromatic rings. The Balaban J connectivity index is 1.83. The van der Waals surface area contributed by atoms with Crippen molar-refractivity contribution in [3.63, 3.8) is 0 Å². The second kappa shape index (κ2) is 8.65. The van der Waals surface area contributed by atoms with Crippen molar-refractivity contribution in [2.45, 2.75) is 52.4 Å². The summed E-state index contributed by atoms with van der Waals surface area (Å²) < 4.78 is 5.57. The number of carbonyl (C=O) groups is 4. The van der Waals surface area contributed by atoms with Crippen molar-refractivity contribution in [3.8, 4) is 5.75 Å². The van der Waals surface area contributed by atoms with Gasteiger partial charge in [0, 0.05) is 0 Å². The summed E-state index contributed by atoms with van der Waals surface area (Å²) in [5.41, 5.74) is 2.65. The topological polar surface area (TPSA) is 102 Å². The SMILES string of the molecule is CC(C)(C)c1cc(C(=O)Oc2ccc(C=C3C(=O)NC(=O)NC3=O)cc2)cc(C(C)(C)C)c1. The van der Waals surface area contributed by atoms with Crippen LogP contribution in [0.2, 0.25) is 0 Å². The van der Waals surface area contributed by atoms with Crippen molar-refractivity contribution < 1.29 is 23.9 Å². The number of nitrogens with one attached hydrogen (secondary N) is 2. The van der Waals surface area contributed by atoms with Gasteiger partial charge in [-0.3, -0.25) is 20.2 Å². The van der Waals surface area contributed by atoms with E-state index in [4.69, 9.17) is 4.74 Å². The Bertz CT molecular complexity index is 1110. The molecular formula is C26H28N2O5. The van der Waals surface area contributed by atoms with Crippen LogP contribution in [-0.4, -0.2) is 23.8 Å². The van der Waals surface area contributed by atoms with E-state index in [0.717, 1.165) is 11.1 Å². The van der Waals surface area contributed by atoms with Gasteiger partial charge in [-0.05, 0) is 57.9 Å². The number of hydrogen-bond acceptors (Lipinski definition) is 5. The van der Waals surface area contributed by atoms with Gasteiger partial charge in [0.05, 0.1) is 5.56 Å². The fourth-order valence-corrected chi connectivity index (χ4v) is 3.18. The first-order valence-corrected chi connectivity index (χ1v) is 10.6. The fraction of sp³-hybridized carbons (Fsp3) is 0.308. The molecule has 0 atom stereocenters. The summed E-state index contributed by atoms with van der Waals surface area (Å²) in [6.45, 7) is 12.6. The monoisotopic (exact) mass is 448 g/mol. The van der Waals surface area contributed by atoms with Crippen LogP contribution in [0.15, 0.2) is 48.0 Å². The van der Waals surface area contributed by atoms with Gasteiger partial charge in [-0.2, -0.15) is 0 Å². The Kier molecular flexibility index (Phi) is 6.27. The molecule has 7 nitrogen and oxygen atoms in total. The van der Waals surface area contributed by atoms with Crippen molar-refractivity contribution >= 4 is 29.9 Å². The Morgan fingerprint density at radius 3 is 1.73 bits per heavy atom. The number of benzene rings is 2. The molecule has 7 heteroatoms. The van der Waals surface area contributed by atoms with Gasteiger partial charge >= 0.3 is 12.0 Å². The van der Waals surface area contributed by atoms with E-state index in [0.29, 0.717) is 16.9 Å². The average Bonchev–Trinajstić information content (AvgIpc) is 2.70. The van der Waals surface area contributed by atoms with Crippen LogP contribution in [0.3, 0.4) is 0 Å². The molecule has 1 aliphatic rings. The van der Waals surface area contributed by atoms with Crippen molar-refractivity contribution in [2.75, 3.05) is 0 Å². The minimum atomic E-state index is -0.852. The molecule has 0 aliphatic carbocycles. The molecule has 0 unspecified atom stereocenters. The first-order valence-electron chi connectivity index (χ1n) is 10.6. The predicted molar refractivity (Wildman–Crippen MR) is 125 cm³/mol. The fourth-order valence-electron chi connectivity index (χ4n) is 3.18. The number of imide groups is 2. The van der Waals surface area contributed by atoms with E-state index < -0.39 is 23.8 Å². The van der Waals surface area contributed by atoms with Gasteiger partial charge < -0.3 is 4.74 Å². The van der Waals surface area contributed by atoms with E-state index in [1.54, 1.807) is 24.3 Å². The zero-order valence-corrected chi connectivity index (χ0v) is 19.7. The number of hydrogen-bond donors (Lipinski definition) is 2. The normalized spacial score (nSPS) is 14.5. The van der Waals surface area contributed by atoms with Gasteiger partial charge in [0.2, 0.25) is 0 Å². The molecule has 4 amide bonds. The van der Waals surface area contributed by atoms with Gasteiger partial charge in [0.15, 0.2) is 0 Å². The van der Waals surface area contributed by atoms with Gasteiger partial charge in [-0.1, -0.05) is 59.7 Å². The molecule has 2 aromatic carbocycles. The number of urea groups is 1. The molecule has 0 bridgehead atoms. The molecular weight excluding hydrogens is 420 g/mol. The van der Waals surface area contributed by atoms with Gasteiger partial charge in [-0.15, -0.1) is 0 Å². The minimum Gasteiger partial charge on any atom is -0.423 e. The highest BCUT2D eigenvalue weighted by atomic mass is 16.5. The lowest BCUT2D eigenvalue weighted by molar-refractivity contribution is -0.123. The molecule has 33 heavy (non-hydrogen) atoms. The van der Waals surface area contributed by atoms with E-state index in [2.05, 4.69) is 47.6 Å². The number of esters is 1. The van der Waals surface area contributed by atoms with Crippen LogP contribution in [0.25, 0.3) is 6.08 Å². The van der Waals surface area contributed by atoms with Crippen LogP contribution in [0.5, 0.6) is 5.75 Å². The van der Waals surface area contributed by atoms with E-state index in [1.807, 2.05) is 22.8 Å². The highest BCUT2D eigenvalue weighted by Crippen LogP contribution is 2.31. The standard InChI is InChI=1S/C26H28N2O5/c1-25(2,3)17-12-16(13-18(14-17)26(4,5)6)23(31)33-19-9-7-15(8-10-19)11-20-21(29)27-24(32)28-22(20)30/h7-14H,1-6H3,(H2,27,28,29,30,32). The Hall–Kier alpha value is -3.74. The molecule has 172 valence electrons. The summed E-state index contributed by atoms with van der Waals surface area (Å²) in [7, 11) is 0. The minimum absolute atomic E-state index is 0.131. The van der Waals surface area contributed by atoms with Crippen LogP contribution in [0.4, 0.5) is 4.79 Å². The van der Waals surface area contributed by atoms with E-state index >= 15 is 0 Å². The summed E-state index contributed by atoms with van der Waals surface area (Å²) in [6, 6.07) is 11.4. The van der Waals surface area contributed by atoms with Crippen molar-refractivity contribution in [1.29, 1.82) is 0 Å². The maximum Gasteiger partial charge on any atom is 0.343 e. The first kappa shape index (κ1) is 23.9. The van der Waals surface area contributed by atoms with Crippen molar-refractivity contribution in [1.82, 2.24) is 10.6 Å². The van der Waals surface area contributed by atoms with Crippen LogP contribution >= 0.6 is 0 Å². The number of rotatable bonds is 3. The molecule has 0 radical (unpaired) electrons. The largest absolute Gasteiger partial charge is 0.423 e. The Morgan fingerprint density at radius 2 is 1.27 bits per heavy atom. The third-order valence-electron chi connectivity index (χ3n) is 5.25. The van der Waals surface area contributed by atoms with Crippen LogP contribution in [0.1, 0.15) is 68.6 Å². The zero-order valence-electron chi connectivity index (χ0n) is 19.7. The maximum absolute atomic E-state index is 12.9. The number of ether oxygens (including phenoxy) is 1. The van der Waals surface area contributed by atoms with E-state index in [9.17, 15) is 19.2 Å². The smallest absolute Gasteiger partial charge is 0.343 e. The Labute approximate surface area is 193 Å². The number of barbiturate groups is 1. The molecule has 0 saturated carbocycles. The first-order chi connectivity index (χ1) is 15.2. The summed E-state index contributed by atoms with van der Waals surface area (Å²) in [5.74, 6) is -1.68. The second-order valence-electron chi connectivity index (χ2n) is 10.1. The highest BCUT2D eigenvalue weighted by Gasteiger charge is 2.27. The molecule has 3 rings (SSSR count). The molecule has 1 fully saturated rings. The number of carbonyl (C=O) groups excluding carboxylic acids is 4. The molecule has 1 aliphatic heterocycles. The van der Waals surface area contributed by atoms with Gasteiger partial charge in [0.25, 0.3) is 11.8 Å². The van der Waals surface area contributed by atoms with Gasteiger partial charge in [0.1, 0.15) is 11.3 Å². The Morgan fingerprint density at radius 1 is 0.788 bits per heavy atom. The maximum atomic E-state index is 12.9. The lowest BCUT2D eigenvalue weighted by Gasteiger charge is -2.25. The van der Waals surface area contributed by atoms with E-state index in [-0.39, 0.29) is 16.4 Å². The average molecular weight is 449 g/mol. The highest BCUT2D eigenvalue weighted by molar-refractivity contribution is 6.31. The lowest BCUT2D eigenvalue weighted by atomic mass is 9.79.